The molecule has 0 unspecified atom stereocenters. The molecule has 0 saturated carbocycles. The Labute approximate surface area is 163 Å². The lowest BCUT2D eigenvalue weighted by Crippen LogP contribution is -2.22. The SMILES string of the molecule is I[C@@H]1C[C@@H](COCc2ccccc2)O[C@H]1OCCCc1ccccc1. The lowest BCUT2D eigenvalue weighted by molar-refractivity contribution is -0.142. The summed E-state index contributed by atoms with van der Waals surface area (Å²) in [4.78, 5) is 0. The molecule has 0 amide bonds. The average molecular weight is 452 g/mol. The summed E-state index contributed by atoms with van der Waals surface area (Å²) in [5.41, 5.74) is 2.55. The first-order chi connectivity index (χ1) is 12.3. The van der Waals surface area contributed by atoms with Gasteiger partial charge in [-0.3, -0.25) is 0 Å². The minimum Gasteiger partial charge on any atom is -0.374 e. The molecular formula is C21H25IO3. The van der Waals surface area contributed by atoms with Gasteiger partial charge in [-0.25, -0.2) is 0 Å². The van der Waals surface area contributed by atoms with E-state index in [4.69, 9.17) is 14.2 Å². The number of rotatable bonds is 9. The van der Waals surface area contributed by atoms with Gasteiger partial charge in [0.1, 0.15) is 0 Å². The summed E-state index contributed by atoms with van der Waals surface area (Å²) in [5, 5.41) is 0. The van der Waals surface area contributed by atoms with Gasteiger partial charge in [0.05, 0.1) is 29.8 Å². The van der Waals surface area contributed by atoms with Crippen LogP contribution in [0.25, 0.3) is 0 Å². The Balaban J connectivity index is 1.31. The summed E-state index contributed by atoms with van der Waals surface area (Å²) in [5.74, 6) is 0. The molecule has 1 heterocycles. The lowest BCUT2D eigenvalue weighted by atomic mass is 10.1. The largest absolute Gasteiger partial charge is 0.374 e. The maximum absolute atomic E-state index is 6.01. The van der Waals surface area contributed by atoms with Crippen molar-refractivity contribution >= 4 is 22.6 Å². The molecule has 2 aromatic rings. The van der Waals surface area contributed by atoms with Crippen LogP contribution in [0.4, 0.5) is 0 Å². The van der Waals surface area contributed by atoms with Crippen LogP contribution in [-0.2, 0) is 27.2 Å². The van der Waals surface area contributed by atoms with Crippen molar-refractivity contribution in [2.45, 2.75) is 42.2 Å². The molecule has 3 atom stereocenters. The first kappa shape index (κ1) is 18.8. The van der Waals surface area contributed by atoms with Crippen molar-refractivity contribution in [3.63, 3.8) is 0 Å². The number of halogens is 1. The number of ether oxygens (including phenoxy) is 3. The highest BCUT2D eigenvalue weighted by Gasteiger charge is 2.34. The Bertz CT molecular complexity index is 605. The molecule has 0 aromatic heterocycles. The molecule has 1 aliphatic heterocycles. The molecule has 25 heavy (non-hydrogen) atoms. The molecule has 0 bridgehead atoms. The topological polar surface area (TPSA) is 27.7 Å². The third kappa shape index (κ3) is 6.37. The van der Waals surface area contributed by atoms with Gasteiger partial charge in [-0.05, 0) is 30.4 Å². The van der Waals surface area contributed by atoms with E-state index in [-0.39, 0.29) is 12.4 Å². The summed E-state index contributed by atoms with van der Waals surface area (Å²) in [6.45, 7) is 1.99. The fourth-order valence-electron chi connectivity index (χ4n) is 2.95. The molecule has 3 rings (SSSR count). The minimum absolute atomic E-state index is 0.110. The second-order valence-electron chi connectivity index (χ2n) is 6.34. The van der Waals surface area contributed by atoms with Crippen molar-refractivity contribution in [1.29, 1.82) is 0 Å². The van der Waals surface area contributed by atoms with Crippen molar-refractivity contribution in [2.24, 2.45) is 0 Å². The van der Waals surface area contributed by atoms with E-state index >= 15 is 0 Å². The number of benzene rings is 2. The maximum atomic E-state index is 6.01. The van der Waals surface area contributed by atoms with Crippen LogP contribution in [-0.4, -0.2) is 29.5 Å². The smallest absolute Gasteiger partial charge is 0.169 e. The zero-order valence-electron chi connectivity index (χ0n) is 14.4. The third-order valence-corrected chi connectivity index (χ3v) is 5.36. The molecule has 0 aliphatic carbocycles. The molecule has 1 saturated heterocycles. The van der Waals surface area contributed by atoms with Crippen LogP contribution in [0.5, 0.6) is 0 Å². The number of alkyl halides is 1. The van der Waals surface area contributed by atoms with Crippen LogP contribution in [0.3, 0.4) is 0 Å². The maximum Gasteiger partial charge on any atom is 0.169 e. The van der Waals surface area contributed by atoms with E-state index in [9.17, 15) is 0 Å². The van der Waals surface area contributed by atoms with E-state index in [1.807, 2.05) is 24.3 Å². The highest BCUT2D eigenvalue weighted by atomic mass is 127. The van der Waals surface area contributed by atoms with Gasteiger partial charge in [-0.15, -0.1) is 0 Å². The fraction of sp³-hybridized carbons (Fsp3) is 0.429. The summed E-state index contributed by atoms with van der Waals surface area (Å²) < 4.78 is 18.1. The van der Waals surface area contributed by atoms with E-state index in [0.29, 0.717) is 17.1 Å². The van der Waals surface area contributed by atoms with Crippen molar-refractivity contribution < 1.29 is 14.2 Å². The Hall–Kier alpha value is -0.950. The third-order valence-electron chi connectivity index (χ3n) is 4.26. The van der Waals surface area contributed by atoms with Gasteiger partial charge in [0.25, 0.3) is 0 Å². The zero-order chi connectivity index (χ0) is 17.3. The van der Waals surface area contributed by atoms with Gasteiger partial charge in [0.2, 0.25) is 0 Å². The highest BCUT2D eigenvalue weighted by molar-refractivity contribution is 14.1. The number of hydrogen-bond acceptors (Lipinski definition) is 3. The highest BCUT2D eigenvalue weighted by Crippen LogP contribution is 2.28. The van der Waals surface area contributed by atoms with Crippen molar-refractivity contribution in [1.82, 2.24) is 0 Å². The first-order valence-electron chi connectivity index (χ1n) is 8.88. The van der Waals surface area contributed by atoms with Crippen molar-refractivity contribution in [3.8, 4) is 0 Å². The molecular weight excluding hydrogens is 427 g/mol. The molecule has 0 radical (unpaired) electrons. The zero-order valence-corrected chi connectivity index (χ0v) is 16.5. The lowest BCUT2D eigenvalue weighted by Gasteiger charge is -2.16. The Morgan fingerprint density at radius 1 is 0.960 bits per heavy atom. The summed E-state index contributed by atoms with van der Waals surface area (Å²) in [7, 11) is 0. The molecule has 4 heteroatoms. The molecule has 1 aliphatic rings. The Morgan fingerprint density at radius 3 is 2.36 bits per heavy atom. The molecule has 1 fully saturated rings. The Kier molecular flexibility index (Phi) is 7.73. The standard InChI is InChI=1S/C21H25IO3/c22-20-14-19(16-23-15-18-10-5-2-6-11-18)25-21(20)24-13-7-12-17-8-3-1-4-9-17/h1-6,8-11,19-21H,7,12-16H2/t19-,20+,21+/m0/s1. The van der Waals surface area contributed by atoms with Gasteiger partial charge >= 0.3 is 0 Å². The van der Waals surface area contributed by atoms with E-state index in [1.54, 1.807) is 0 Å². The molecule has 134 valence electrons. The molecule has 0 N–H and O–H groups in total. The monoisotopic (exact) mass is 452 g/mol. The summed E-state index contributed by atoms with van der Waals surface area (Å²) in [6.07, 6.45) is 3.07. The van der Waals surface area contributed by atoms with E-state index in [0.717, 1.165) is 25.9 Å². The second kappa shape index (κ2) is 10.3. The van der Waals surface area contributed by atoms with Crippen LogP contribution in [0.15, 0.2) is 60.7 Å². The number of hydrogen-bond donors (Lipinski definition) is 0. The molecule has 0 spiro atoms. The average Bonchev–Trinajstić information content (AvgIpc) is 3.00. The van der Waals surface area contributed by atoms with Crippen LogP contribution >= 0.6 is 22.6 Å². The van der Waals surface area contributed by atoms with Crippen LogP contribution in [0.1, 0.15) is 24.0 Å². The first-order valence-corrected chi connectivity index (χ1v) is 10.1. The van der Waals surface area contributed by atoms with Crippen molar-refractivity contribution in [2.75, 3.05) is 13.2 Å². The van der Waals surface area contributed by atoms with Gasteiger partial charge in [-0.1, -0.05) is 83.3 Å². The second-order valence-corrected chi connectivity index (χ2v) is 7.94. The van der Waals surface area contributed by atoms with E-state index < -0.39 is 0 Å². The fourth-order valence-corrected chi connectivity index (χ4v) is 3.89. The normalized spacial score (nSPS) is 23.0. The van der Waals surface area contributed by atoms with E-state index in [1.165, 1.54) is 11.1 Å². The van der Waals surface area contributed by atoms with Crippen LogP contribution in [0, 0.1) is 0 Å². The predicted molar refractivity (Wildman–Crippen MR) is 108 cm³/mol. The Morgan fingerprint density at radius 2 is 1.64 bits per heavy atom. The number of aryl methyl sites for hydroxylation is 1. The van der Waals surface area contributed by atoms with Gasteiger partial charge in [0, 0.05) is 0 Å². The van der Waals surface area contributed by atoms with Gasteiger partial charge in [0.15, 0.2) is 6.29 Å². The summed E-state index contributed by atoms with van der Waals surface area (Å²) in [6, 6.07) is 20.8. The van der Waals surface area contributed by atoms with E-state index in [2.05, 4.69) is 59.0 Å². The predicted octanol–water partition coefficient (Wildman–Crippen LogP) is 4.77. The van der Waals surface area contributed by atoms with Crippen molar-refractivity contribution in [3.05, 3.63) is 71.8 Å². The summed E-state index contributed by atoms with van der Waals surface area (Å²) >= 11 is 2.43. The minimum atomic E-state index is -0.110. The van der Waals surface area contributed by atoms with Gasteiger partial charge < -0.3 is 14.2 Å². The molecule has 3 nitrogen and oxygen atoms in total. The molecule has 2 aromatic carbocycles. The van der Waals surface area contributed by atoms with Crippen LogP contribution in [0.2, 0.25) is 0 Å². The van der Waals surface area contributed by atoms with Gasteiger partial charge in [-0.2, -0.15) is 0 Å². The quantitative estimate of drug-likeness (QED) is 0.312. The van der Waals surface area contributed by atoms with Crippen LogP contribution < -0.4 is 0 Å².